The Balaban J connectivity index is 2.07. The Labute approximate surface area is 135 Å². The molecule has 0 aliphatic carbocycles. The van der Waals surface area contributed by atoms with Gasteiger partial charge in [0.1, 0.15) is 0 Å². The molecule has 0 nitrogen and oxygen atoms in total. The highest BCUT2D eigenvalue weighted by Gasteiger charge is 2.15. The summed E-state index contributed by atoms with van der Waals surface area (Å²) < 4.78 is 0. The zero-order chi connectivity index (χ0) is 14.5. The standard InChI is InChI=1S/C19H16BrP/c20-15-16-11-13-19(14-12-16)21(17-7-3-1-4-8-17)18-9-5-2-6-10-18/h1-14H,15H2. The van der Waals surface area contributed by atoms with Crippen molar-refractivity contribution in [2.75, 3.05) is 0 Å². The van der Waals surface area contributed by atoms with Crippen LogP contribution in [-0.2, 0) is 5.33 Å². The Bertz CT molecular complexity index is 638. The molecule has 0 fully saturated rings. The van der Waals surface area contributed by atoms with Gasteiger partial charge in [0.2, 0.25) is 0 Å². The predicted molar refractivity (Wildman–Crippen MR) is 97.8 cm³/mol. The van der Waals surface area contributed by atoms with E-state index >= 15 is 0 Å². The first-order valence-corrected chi connectivity index (χ1v) is 9.40. The van der Waals surface area contributed by atoms with Gasteiger partial charge < -0.3 is 0 Å². The zero-order valence-corrected chi connectivity index (χ0v) is 14.1. The van der Waals surface area contributed by atoms with E-state index in [1.807, 2.05) is 0 Å². The van der Waals surface area contributed by atoms with Crippen LogP contribution in [0.5, 0.6) is 0 Å². The average Bonchev–Trinajstić information content (AvgIpc) is 2.58. The van der Waals surface area contributed by atoms with Gasteiger partial charge in [-0.1, -0.05) is 101 Å². The van der Waals surface area contributed by atoms with Crippen molar-refractivity contribution in [2.45, 2.75) is 5.33 Å². The van der Waals surface area contributed by atoms with Crippen LogP contribution in [-0.4, -0.2) is 0 Å². The fourth-order valence-electron chi connectivity index (χ4n) is 2.34. The molecular formula is C19H16BrP. The molecule has 21 heavy (non-hydrogen) atoms. The smallest absolute Gasteiger partial charge is 0.0283 e. The Morgan fingerprint density at radius 1 is 0.571 bits per heavy atom. The van der Waals surface area contributed by atoms with Crippen LogP contribution in [0.15, 0.2) is 84.9 Å². The van der Waals surface area contributed by atoms with Crippen molar-refractivity contribution < 1.29 is 0 Å². The fraction of sp³-hybridized carbons (Fsp3) is 0.0526. The molecule has 3 aromatic rings. The lowest BCUT2D eigenvalue weighted by atomic mass is 10.2. The highest BCUT2D eigenvalue weighted by Crippen LogP contribution is 2.32. The molecule has 0 aliphatic rings. The second kappa shape index (κ2) is 7.02. The monoisotopic (exact) mass is 354 g/mol. The molecule has 0 unspecified atom stereocenters. The van der Waals surface area contributed by atoms with E-state index in [1.54, 1.807) is 0 Å². The summed E-state index contributed by atoms with van der Waals surface area (Å²) in [5.74, 6) is 0. The summed E-state index contributed by atoms with van der Waals surface area (Å²) in [4.78, 5) is 0. The number of hydrogen-bond acceptors (Lipinski definition) is 0. The van der Waals surface area contributed by atoms with Gasteiger partial charge in [-0.2, -0.15) is 0 Å². The molecule has 0 bridgehead atoms. The molecule has 0 amide bonds. The summed E-state index contributed by atoms with van der Waals surface area (Å²) >= 11 is 3.51. The molecule has 0 N–H and O–H groups in total. The van der Waals surface area contributed by atoms with Crippen LogP contribution in [0.4, 0.5) is 0 Å². The minimum absolute atomic E-state index is 0.479. The molecule has 0 radical (unpaired) electrons. The van der Waals surface area contributed by atoms with E-state index in [2.05, 4.69) is 101 Å². The van der Waals surface area contributed by atoms with Crippen molar-refractivity contribution in [2.24, 2.45) is 0 Å². The normalized spacial score (nSPS) is 10.8. The number of benzene rings is 3. The molecule has 3 aromatic carbocycles. The van der Waals surface area contributed by atoms with Crippen LogP contribution in [0.25, 0.3) is 0 Å². The molecule has 0 spiro atoms. The van der Waals surface area contributed by atoms with Crippen molar-refractivity contribution in [3.63, 3.8) is 0 Å². The molecule has 0 saturated heterocycles. The summed E-state index contributed by atoms with van der Waals surface area (Å²) in [5.41, 5.74) is 1.31. The van der Waals surface area contributed by atoms with Crippen molar-refractivity contribution in [3.05, 3.63) is 90.5 Å². The molecule has 0 saturated carbocycles. The quantitative estimate of drug-likeness (QED) is 0.483. The van der Waals surface area contributed by atoms with E-state index in [9.17, 15) is 0 Å². The minimum Gasteiger partial charge on any atom is -0.0876 e. The van der Waals surface area contributed by atoms with Crippen LogP contribution in [0.3, 0.4) is 0 Å². The van der Waals surface area contributed by atoms with E-state index in [1.165, 1.54) is 21.5 Å². The molecule has 3 rings (SSSR count). The molecule has 0 aliphatic heterocycles. The number of halogens is 1. The summed E-state index contributed by atoms with van der Waals surface area (Å²) in [5, 5.41) is 5.09. The van der Waals surface area contributed by atoms with Gasteiger partial charge in [0.25, 0.3) is 0 Å². The van der Waals surface area contributed by atoms with Gasteiger partial charge in [-0.05, 0) is 29.4 Å². The van der Waals surface area contributed by atoms with Gasteiger partial charge >= 0.3 is 0 Å². The van der Waals surface area contributed by atoms with Gasteiger partial charge in [0, 0.05) is 5.33 Å². The summed E-state index contributed by atoms with van der Waals surface area (Å²) in [6.45, 7) is 0. The number of rotatable bonds is 4. The predicted octanol–water partition coefficient (Wildman–Crippen LogP) is 4.34. The van der Waals surface area contributed by atoms with Crippen LogP contribution in [0.1, 0.15) is 5.56 Å². The molecular weight excluding hydrogens is 339 g/mol. The summed E-state index contributed by atoms with van der Waals surface area (Å²) in [7, 11) is -0.479. The van der Waals surface area contributed by atoms with Crippen molar-refractivity contribution in [1.82, 2.24) is 0 Å². The van der Waals surface area contributed by atoms with Gasteiger partial charge in [0.15, 0.2) is 0 Å². The third-order valence-electron chi connectivity index (χ3n) is 3.38. The Kier molecular flexibility index (Phi) is 4.85. The second-order valence-corrected chi connectivity index (χ2v) is 7.59. The van der Waals surface area contributed by atoms with Gasteiger partial charge in [-0.15, -0.1) is 0 Å². The molecule has 0 heterocycles. The maximum Gasteiger partial charge on any atom is 0.0283 e. The topological polar surface area (TPSA) is 0 Å². The highest BCUT2D eigenvalue weighted by molar-refractivity contribution is 9.08. The van der Waals surface area contributed by atoms with E-state index in [4.69, 9.17) is 0 Å². The van der Waals surface area contributed by atoms with E-state index in [0.29, 0.717) is 0 Å². The molecule has 0 atom stereocenters. The van der Waals surface area contributed by atoms with Crippen LogP contribution in [0.2, 0.25) is 0 Å². The van der Waals surface area contributed by atoms with Crippen LogP contribution < -0.4 is 15.9 Å². The summed E-state index contributed by atoms with van der Waals surface area (Å²) in [6, 6.07) is 30.6. The maximum absolute atomic E-state index is 3.51. The SMILES string of the molecule is BrCc1ccc(P(c2ccccc2)c2ccccc2)cc1. The third kappa shape index (κ3) is 3.43. The Hall–Kier alpha value is -1.43. The average molecular weight is 355 g/mol. The largest absolute Gasteiger partial charge is 0.0876 e. The highest BCUT2D eigenvalue weighted by atomic mass is 79.9. The van der Waals surface area contributed by atoms with Crippen molar-refractivity contribution >= 4 is 39.8 Å². The maximum atomic E-state index is 3.51. The second-order valence-electron chi connectivity index (χ2n) is 4.81. The molecule has 2 heteroatoms. The van der Waals surface area contributed by atoms with E-state index < -0.39 is 7.92 Å². The lowest BCUT2D eigenvalue weighted by molar-refractivity contribution is 1.45. The first-order chi connectivity index (χ1) is 10.4. The molecule has 0 aromatic heterocycles. The van der Waals surface area contributed by atoms with Gasteiger partial charge in [-0.3, -0.25) is 0 Å². The summed E-state index contributed by atoms with van der Waals surface area (Å²) in [6.07, 6.45) is 0. The zero-order valence-electron chi connectivity index (χ0n) is 11.6. The Morgan fingerprint density at radius 2 is 1.00 bits per heavy atom. The first-order valence-electron chi connectivity index (χ1n) is 6.93. The fourth-order valence-corrected chi connectivity index (χ4v) is 4.99. The van der Waals surface area contributed by atoms with E-state index in [0.717, 1.165) is 5.33 Å². The number of alkyl halides is 1. The van der Waals surface area contributed by atoms with Crippen molar-refractivity contribution in [1.29, 1.82) is 0 Å². The van der Waals surface area contributed by atoms with Gasteiger partial charge in [0.05, 0.1) is 0 Å². The van der Waals surface area contributed by atoms with Crippen LogP contribution >= 0.6 is 23.9 Å². The van der Waals surface area contributed by atoms with Crippen LogP contribution in [0, 0.1) is 0 Å². The van der Waals surface area contributed by atoms with Gasteiger partial charge in [-0.25, -0.2) is 0 Å². The first kappa shape index (κ1) is 14.5. The lowest BCUT2D eigenvalue weighted by Crippen LogP contribution is -2.20. The Morgan fingerprint density at radius 3 is 1.43 bits per heavy atom. The minimum atomic E-state index is -0.479. The number of hydrogen-bond donors (Lipinski definition) is 0. The van der Waals surface area contributed by atoms with E-state index in [-0.39, 0.29) is 0 Å². The third-order valence-corrected chi connectivity index (χ3v) is 6.47. The van der Waals surface area contributed by atoms with Crippen molar-refractivity contribution in [3.8, 4) is 0 Å². The lowest BCUT2D eigenvalue weighted by Gasteiger charge is -2.19. The molecule has 104 valence electrons.